The topological polar surface area (TPSA) is 58.6 Å². The minimum absolute atomic E-state index is 0.242. The van der Waals surface area contributed by atoms with Crippen molar-refractivity contribution in [2.45, 2.75) is 19.4 Å². The molecule has 118 valence electrons. The van der Waals surface area contributed by atoms with Gasteiger partial charge in [0, 0.05) is 37.6 Å². The third-order valence-electron chi connectivity index (χ3n) is 3.79. The van der Waals surface area contributed by atoms with E-state index in [0.717, 1.165) is 17.8 Å². The van der Waals surface area contributed by atoms with Crippen molar-refractivity contribution in [2.24, 2.45) is 0 Å². The molecule has 1 atom stereocenters. The van der Waals surface area contributed by atoms with E-state index < -0.39 is 9.84 Å². The summed E-state index contributed by atoms with van der Waals surface area (Å²) < 4.78 is 28.2. The molecule has 1 N–H and O–H groups in total. The van der Waals surface area contributed by atoms with Crippen LogP contribution < -0.4 is 10.2 Å². The van der Waals surface area contributed by atoms with E-state index in [4.69, 9.17) is 4.74 Å². The first-order valence-electron chi connectivity index (χ1n) is 7.35. The van der Waals surface area contributed by atoms with Crippen molar-refractivity contribution in [3.05, 3.63) is 24.3 Å². The first-order valence-corrected chi connectivity index (χ1v) is 9.17. The van der Waals surface area contributed by atoms with Crippen molar-refractivity contribution in [3.63, 3.8) is 0 Å². The predicted molar refractivity (Wildman–Crippen MR) is 86.9 cm³/mol. The van der Waals surface area contributed by atoms with E-state index in [1.165, 1.54) is 0 Å². The number of anilines is 2. The maximum absolute atomic E-state index is 11.5. The van der Waals surface area contributed by atoms with Gasteiger partial charge in [-0.05, 0) is 24.6 Å². The highest BCUT2D eigenvalue weighted by molar-refractivity contribution is 7.91. The number of benzene rings is 1. The number of sulfone groups is 1. The van der Waals surface area contributed by atoms with Gasteiger partial charge in [-0.2, -0.15) is 0 Å². The summed E-state index contributed by atoms with van der Waals surface area (Å²) in [4.78, 5) is 2.13. The van der Waals surface area contributed by atoms with Gasteiger partial charge < -0.3 is 15.0 Å². The fourth-order valence-corrected chi connectivity index (χ4v) is 3.66. The van der Waals surface area contributed by atoms with Crippen LogP contribution in [-0.2, 0) is 14.6 Å². The second-order valence-electron chi connectivity index (χ2n) is 5.39. The Morgan fingerprint density at radius 2 is 2.05 bits per heavy atom. The van der Waals surface area contributed by atoms with Crippen molar-refractivity contribution in [1.29, 1.82) is 0 Å². The lowest BCUT2D eigenvalue weighted by atomic mass is 10.2. The van der Waals surface area contributed by atoms with Gasteiger partial charge in [0.2, 0.25) is 0 Å². The van der Waals surface area contributed by atoms with Crippen LogP contribution in [0.4, 0.5) is 11.4 Å². The summed E-state index contributed by atoms with van der Waals surface area (Å²) >= 11 is 0. The number of methoxy groups -OCH3 is 1. The van der Waals surface area contributed by atoms with Crippen molar-refractivity contribution in [2.75, 3.05) is 48.5 Å². The zero-order chi connectivity index (χ0) is 15.3. The molecular formula is C15H24N2O3S. The van der Waals surface area contributed by atoms with Gasteiger partial charge in [0.15, 0.2) is 9.84 Å². The monoisotopic (exact) mass is 312 g/mol. The quantitative estimate of drug-likeness (QED) is 0.867. The molecule has 0 radical (unpaired) electrons. The Morgan fingerprint density at radius 3 is 2.67 bits per heavy atom. The van der Waals surface area contributed by atoms with E-state index in [1.807, 2.05) is 18.2 Å². The molecule has 1 aliphatic rings. The molecule has 1 unspecified atom stereocenters. The summed E-state index contributed by atoms with van der Waals surface area (Å²) in [5, 5.41) is 3.46. The lowest BCUT2D eigenvalue weighted by Gasteiger charge is -2.29. The minimum atomic E-state index is -2.84. The maximum Gasteiger partial charge on any atom is 0.153 e. The van der Waals surface area contributed by atoms with Gasteiger partial charge in [-0.25, -0.2) is 8.42 Å². The van der Waals surface area contributed by atoms with Crippen molar-refractivity contribution < 1.29 is 13.2 Å². The highest BCUT2D eigenvalue weighted by atomic mass is 32.2. The van der Waals surface area contributed by atoms with Gasteiger partial charge in [0.25, 0.3) is 0 Å². The SMILES string of the molecule is CCC(COC)Nc1cccc(N2CCS(=O)(=O)CC2)c1. The van der Waals surface area contributed by atoms with Gasteiger partial charge in [0.1, 0.15) is 0 Å². The zero-order valence-electron chi connectivity index (χ0n) is 12.7. The van der Waals surface area contributed by atoms with Crippen LogP contribution in [0.5, 0.6) is 0 Å². The zero-order valence-corrected chi connectivity index (χ0v) is 13.5. The van der Waals surface area contributed by atoms with Crippen LogP contribution in [0.15, 0.2) is 24.3 Å². The molecule has 0 spiro atoms. The molecule has 1 aromatic rings. The smallest absolute Gasteiger partial charge is 0.153 e. The Bertz CT molecular complexity index is 546. The van der Waals surface area contributed by atoms with Crippen LogP contribution in [0.25, 0.3) is 0 Å². The van der Waals surface area contributed by atoms with E-state index in [9.17, 15) is 8.42 Å². The molecule has 1 fully saturated rings. The molecule has 1 aromatic carbocycles. The van der Waals surface area contributed by atoms with E-state index in [2.05, 4.69) is 23.2 Å². The van der Waals surface area contributed by atoms with Crippen LogP contribution in [0, 0.1) is 0 Å². The molecule has 5 nitrogen and oxygen atoms in total. The Hall–Kier alpha value is -1.27. The molecule has 0 bridgehead atoms. The number of nitrogens with one attached hydrogen (secondary N) is 1. The molecule has 0 aromatic heterocycles. The lowest BCUT2D eigenvalue weighted by molar-refractivity contribution is 0.184. The first-order chi connectivity index (χ1) is 10.0. The summed E-state index contributed by atoms with van der Waals surface area (Å²) in [6.07, 6.45) is 0.986. The van der Waals surface area contributed by atoms with Crippen molar-refractivity contribution >= 4 is 21.2 Å². The molecule has 0 aliphatic carbocycles. The molecule has 1 aliphatic heterocycles. The van der Waals surface area contributed by atoms with E-state index in [-0.39, 0.29) is 17.5 Å². The molecule has 6 heteroatoms. The van der Waals surface area contributed by atoms with Crippen LogP contribution >= 0.6 is 0 Å². The van der Waals surface area contributed by atoms with Crippen molar-refractivity contribution in [1.82, 2.24) is 0 Å². The van der Waals surface area contributed by atoms with E-state index in [1.54, 1.807) is 7.11 Å². The normalized spacial score (nSPS) is 19.2. The summed E-state index contributed by atoms with van der Waals surface area (Å²) in [6, 6.07) is 8.42. The molecule has 1 saturated heterocycles. The summed E-state index contributed by atoms with van der Waals surface area (Å²) in [5.41, 5.74) is 2.12. The molecule has 0 saturated carbocycles. The predicted octanol–water partition coefficient (Wildman–Crippen LogP) is 1.76. The van der Waals surface area contributed by atoms with E-state index in [0.29, 0.717) is 19.7 Å². The van der Waals surface area contributed by atoms with E-state index >= 15 is 0 Å². The Morgan fingerprint density at radius 1 is 1.33 bits per heavy atom. The highest BCUT2D eigenvalue weighted by Gasteiger charge is 2.21. The molecule has 0 amide bonds. The first kappa shape index (κ1) is 16.1. The lowest BCUT2D eigenvalue weighted by Crippen LogP contribution is -2.40. The number of ether oxygens (including phenoxy) is 1. The third kappa shape index (κ3) is 4.61. The molecule has 2 rings (SSSR count). The molecular weight excluding hydrogens is 288 g/mol. The summed E-state index contributed by atoms with van der Waals surface area (Å²) in [5.74, 6) is 0.484. The Balaban J connectivity index is 2.04. The summed E-state index contributed by atoms with van der Waals surface area (Å²) in [6.45, 7) is 3.93. The van der Waals surface area contributed by atoms with Gasteiger partial charge in [-0.3, -0.25) is 0 Å². The average molecular weight is 312 g/mol. The maximum atomic E-state index is 11.5. The highest BCUT2D eigenvalue weighted by Crippen LogP contribution is 2.22. The molecule has 1 heterocycles. The van der Waals surface area contributed by atoms with Crippen LogP contribution in [0.1, 0.15) is 13.3 Å². The minimum Gasteiger partial charge on any atom is -0.383 e. The standard InChI is InChI=1S/C15H24N2O3S/c1-3-13(12-20-2)16-14-5-4-6-15(11-14)17-7-9-21(18,19)10-8-17/h4-6,11,13,16H,3,7-10,12H2,1-2H3. The number of hydrogen-bond acceptors (Lipinski definition) is 5. The Labute approximate surface area is 127 Å². The second-order valence-corrected chi connectivity index (χ2v) is 7.70. The van der Waals surface area contributed by atoms with Gasteiger partial charge >= 0.3 is 0 Å². The largest absolute Gasteiger partial charge is 0.383 e. The third-order valence-corrected chi connectivity index (χ3v) is 5.40. The number of hydrogen-bond donors (Lipinski definition) is 1. The summed E-state index contributed by atoms with van der Waals surface area (Å²) in [7, 11) is -1.13. The molecule has 21 heavy (non-hydrogen) atoms. The average Bonchev–Trinajstić information content (AvgIpc) is 2.47. The van der Waals surface area contributed by atoms with Crippen LogP contribution in [0.2, 0.25) is 0 Å². The van der Waals surface area contributed by atoms with Gasteiger partial charge in [-0.15, -0.1) is 0 Å². The van der Waals surface area contributed by atoms with Crippen LogP contribution in [-0.4, -0.2) is 52.8 Å². The Kier molecular flexibility index (Phi) is 5.47. The number of rotatable bonds is 6. The van der Waals surface area contributed by atoms with Crippen LogP contribution in [0.3, 0.4) is 0 Å². The fourth-order valence-electron chi connectivity index (χ4n) is 2.46. The van der Waals surface area contributed by atoms with Crippen molar-refractivity contribution in [3.8, 4) is 0 Å². The van der Waals surface area contributed by atoms with Gasteiger partial charge in [-0.1, -0.05) is 13.0 Å². The fraction of sp³-hybridized carbons (Fsp3) is 0.600. The second kappa shape index (κ2) is 7.13. The number of nitrogens with zero attached hydrogens (tertiary/aromatic N) is 1. The van der Waals surface area contributed by atoms with Gasteiger partial charge in [0.05, 0.1) is 18.1 Å².